The third kappa shape index (κ3) is 4.07. The highest BCUT2D eigenvalue weighted by atomic mass is 28.3. The van der Waals surface area contributed by atoms with Gasteiger partial charge in [0.25, 0.3) is 0 Å². The van der Waals surface area contributed by atoms with Crippen LogP contribution >= 0.6 is 0 Å². The van der Waals surface area contributed by atoms with Crippen molar-refractivity contribution < 1.29 is 9.53 Å². The van der Waals surface area contributed by atoms with Gasteiger partial charge in [-0.1, -0.05) is 68.5 Å². The van der Waals surface area contributed by atoms with Gasteiger partial charge in [-0.25, -0.2) is 0 Å². The molecule has 0 spiro atoms. The van der Waals surface area contributed by atoms with Gasteiger partial charge in [-0.2, -0.15) is 0 Å². The summed E-state index contributed by atoms with van der Waals surface area (Å²) in [7, 11) is -0.321. The zero-order chi connectivity index (χ0) is 16.0. The van der Waals surface area contributed by atoms with Crippen molar-refractivity contribution in [3.8, 4) is 0 Å². The van der Waals surface area contributed by atoms with Crippen LogP contribution in [0.1, 0.15) is 20.3 Å². The van der Waals surface area contributed by atoms with E-state index in [4.69, 9.17) is 4.74 Å². The Morgan fingerprint density at radius 2 is 1.86 bits per heavy atom. The first-order valence-electron chi connectivity index (χ1n) is 7.60. The van der Waals surface area contributed by atoms with Crippen molar-refractivity contribution in [1.82, 2.24) is 0 Å². The SMILES string of the molecule is C=CC[C@H](C(=O)OC)[C@@H](C(C)C)[Si](C)(C)c1ccccc1. The fraction of sp³-hybridized carbons (Fsp3) is 0.500. The van der Waals surface area contributed by atoms with Gasteiger partial charge in [-0.3, -0.25) is 4.79 Å². The lowest BCUT2D eigenvalue weighted by atomic mass is 9.93. The number of carbonyl (C=O) groups excluding carboxylic acids is 1. The van der Waals surface area contributed by atoms with Gasteiger partial charge in [0.1, 0.15) is 0 Å². The predicted octanol–water partition coefficient (Wildman–Crippen LogP) is 3.99. The van der Waals surface area contributed by atoms with Gasteiger partial charge in [-0.05, 0) is 17.9 Å². The fourth-order valence-electron chi connectivity index (χ4n) is 3.58. The van der Waals surface area contributed by atoms with Crippen LogP contribution in [0.2, 0.25) is 18.6 Å². The Kier molecular flexibility index (Phi) is 6.40. The third-order valence-corrected chi connectivity index (χ3v) is 8.98. The first-order valence-corrected chi connectivity index (χ1v) is 10.7. The van der Waals surface area contributed by atoms with Crippen molar-refractivity contribution in [1.29, 1.82) is 0 Å². The van der Waals surface area contributed by atoms with Gasteiger partial charge in [0, 0.05) is 0 Å². The number of methoxy groups -OCH3 is 1. The van der Waals surface area contributed by atoms with E-state index < -0.39 is 8.07 Å². The lowest BCUT2D eigenvalue weighted by Crippen LogP contribution is -2.51. The zero-order valence-electron chi connectivity index (χ0n) is 13.9. The second-order valence-electron chi connectivity index (χ2n) is 6.51. The number of benzene rings is 1. The molecule has 0 heterocycles. The zero-order valence-corrected chi connectivity index (χ0v) is 14.9. The molecule has 21 heavy (non-hydrogen) atoms. The average Bonchev–Trinajstić information content (AvgIpc) is 2.46. The van der Waals surface area contributed by atoms with E-state index in [1.54, 1.807) is 0 Å². The summed E-state index contributed by atoms with van der Waals surface area (Å²) < 4.78 is 5.06. The Morgan fingerprint density at radius 1 is 1.29 bits per heavy atom. The monoisotopic (exact) mass is 304 g/mol. The third-order valence-electron chi connectivity index (χ3n) is 4.43. The molecule has 0 aliphatic rings. The molecule has 0 bridgehead atoms. The molecule has 0 saturated carbocycles. The highest BCUT2D eigenvalue weighted by Crippen LogP contribution is 2.39. The van der Waals surface area contributed by atoms with Gasteiger partial charge in [0.15, 0.2) is 0 Å². The normalized spacial score (nSPS) is 14.6. The van der Waals surface area contributed by atoms with Crippen LogP contribution in [-0.4, -0.2) is 21.2 Å². The molecule has 0 saturated heterocycles. The maximum absolute atomic E-state index is 12.3. The van der Waals surface area contributed by atoms with E-state index in [9.17, 15) is 4.79 Å². The maximum atomic E-state index is 12.3. The standard InChI is InChI=1S/C18H28O2Si/c1-7-11-16(18(19)20-4)17(14(2)3)21(5,6)15-12-9-8-10-13-15/h7-10,12-14,16-17H,1,11H2,2-6H3/t16-,17+/m0/s1. The number of carbonyl (C=O) groups is 1. The largest absolute Gasteiger partial charge is 0.469 e. The quantitative estimate of drug-likeness (QED) is 0.432. The maximum Gasteiger partial charge on any atom is 0.308 e. The van der Waals surface area contributed by atoms with Crippen LogP contribution in [0.5, 0.6) is 0 Å². The van der Waals surface area contributed by atoms with E-state index in [2.05, 4.69) is 57.8 Å². The molecule has 0 unspecified atom stereocenters. The molecule has 0 aromatic heterocycles. The van der Waals surface area contributed by atoms with E-state index >= 15 is 0 Å². The van der Waals surface area contributed by atoms with Crippen LogP contribution in [0.15, 0.2) is 43.0 Å². The van der Waals surface area contributed by atoms with Crippen molar-refractivity contribution in [2.75, 3.05) is 7.11 Å². The summed E-state index contributed by atoms with van der Waals surface area (Å²) in [6.45, 7) is 12.9. The molecule has 2 atom stereocenters. The van der Waals surface area contributed by atoms with E-state index in [-0.39, 0.29) is 11.9 Å². The van der Waals surface area contributed by atoms with Crippen LogP contribution in [0.4, 0.5) is 0 Å². The summed E-state index contributed by atoms with van der Waals surface area (Å²) in [5.74, 6) is 0.218. The smallest absolute Gasteiger partial charge is 0.308 e. The Bertz CT molecular complexity index is 465. The second-order valence-corrected chi connectivity index (χ2v) is 11.2. The van der Waals surface area contributed by atoms with Crippen molar-refractivity contribution in [2.24, 2.45) is 11.8 Å². The molecule has 1 aromatic rings. The van der Waals surface area contributed by atoms with E-state index in [1.165, 1.54) is 12.3 Å². The van der Waals surface area contributed by atoms with Gasteiger partial charge in [-0.15, -0.1) is 6.58 Å². The molecule has 0 fully saturated rings. The van der Waals surface area contributed by atoms with Gasteiger partial charge < -0.3 is 4.74 Å². The molecular formula is C18H28O2Si. The molecule has 3 heteroatoms. The highest BCUT2D eigenvalue weighted by Gasteiger charge is 2.43. The minimum Gasteiger partial charge on any atom is -0.469 e. The predicted molar refractivity (Wildman–Crippen MR) is 92.5 cm³/mol. The molecule has 0 radical (unpaired) electrons. The van der Waals surface area contributed by atoms with Crippen LogP contribution in [0, 0.1) is 11.8 Å². The van der Waals surface area contributed by atoms with Gasteiger partial charge in [0.05, 0.1) is 21.1 Å². The molecule has 116 valence electrons. The van der Waals surface area contributed by atoms with E-state index in [0.717, 1.165) is 0 Å². The van der Waals surface area contributed by atoms with Crippen molar-refractivity contribution in [3.05, 3.63) is 43.0 Å². The van der Waals surface area contributed by atoms with E-state index in [0.29, 0.717) is 17.9 Å². The highest BCUT2D eigenvalue weighted by molar-refractivity contribution is 6.91. The molecule has 0 aliphatic heterocycles. The molecule has 1 aromatic carbocycles. The lowest BCUT2D eigenvalue weighted by molar-refractivity contribution is -0.145. The molecule has 0 N–H and O–H groups in total. The second kappa shape index (κ2) is 7.60. The van der Waals surface area contributed by atoms with Crippen LogP contribution in [-0.2, 0) is 9.53 Å². The van der Waals surface area contributed by atoms with Crippen LogP contribution in [0.25, 0.3) is 0 Å². The Morgan fingerprint density at radius 3 is 2.29 bits per heavy atom. The van der Waals surface area contributed by atoms with Crippen LogP contribution in [0.3, 0.4) is 0 Å². The number of esters is 1. The summed E-state index contributed by atoms with van der Waals surface area (Å²) in [5, 5.41) is 1.39. The Balaban J connectivity index is 3.26. The Labute approximate surface area is 130 Å². The lowest BCUT2D eigenvalue weighted by Gasteiger charge is -2.40. The number of allylic oxidation sites excluding steroid dienone is 1. The molecule has 0 aliphatic carbocycles. The minimum atomic E-state index is -1.80. The molecular weight excluding hydrogens is 276 g/mol. The first-order chi connectivity index (χ1) is 9.86. The Hall–Kier alpha value is -1.35. The van der Waals surface area contributed by atoms with Gasteiger partial charge in [0.2, 0.25) is 0 Å². The fourth-order valence-corrected chi connectivity index (χ4v) is 7.96. The van der Waals surface area contributed by atoms with Crippen molar-refractivity contribution in [3.63, 3.8) is 0 Å². The van der Waals surface area contributed by atoms with Crippen molar-refractivity contribution in [2.45, 2.75) is 38.9 Å². The number of rotatable bonds is 7. The van der Waals surface area contributed by atoms with Gasteiger partial charge >= 0.3 is 5.97 Å². The van der Waals surface area contributed by atoms with Crippen molar-refractivity contribution >= 4 is 19.2 Å². The topological polar surface area (TPSA) is 26.3 Å². The summed E-state index contributed by atoms with van der Waals surface area (Å²) >= 11 is 0. The summed E-state index contributed by atoms with van der Waals surface area (Å²) in [6.07, 6.45) is 2.52. The average molecular weight is 305 g/mol. The first kappa shape index (κ1) is 17.7. The molecule has 0 amide bonds. The summed E-state index contributed by atoms with van der Waals surface area (Å²) in [4.78, 5) is 12.3. The summed E-state index contributed by atoms with van der Waals surface area (Å²) in [5.41, 5.74) is 0.324. The number of hydrogen-bond donors (Lipinski definition) is 0. The molecule has 1 rings (SSSR count). The molecule has 2 nitrogen and oxygen atoms in total. The minimum absolute atomic E-state index is 0.102. The number of ether oxygens (including phenoxy) is 1. The summed E-state index contributed by atoms with van der Waals surface area (Å²) in [6, 6.07) is 10.6. The van der Waals surface area contributed by atoms with E-state index in [1.807, 2.05) is 12.1 Å². The number of hydrogen-bond acceptors (Lipinski definition) is 2. The van der Waals surface area contributed by atoms with Crippen LogP contribution < -0.4 is 5.19 Å².